The van der Waals surface area contributed by atoms with Crippen molar-refractivity contribution in [3.63, 3.8) is 0 Å². The number of urea groups is 1. The first kappa shape index (κ1) is 17.0. The van der Waals surface area contributed by atoms with Gasteiger partial charge in [-0.2, -0.15) is 4.52 Å². The average molecular weight is 361 g/mol. The third-order valence-electron chi connectivity index (χ3n) is 3.61. The molecule has 0 aliphatic rings. The van der Waals surface area contributed by atoms with Crippen molar-refractivity contribution in [1.82, 2.24) is 19.6 Å². The predicted molar refractivity (Wildman–Crippen MR) is 96.4 cm³/mol. The number of anilines is 2. The zero-order valence-corrected chi connectivity index (χ0v) is 14.5. The van der Waals surface area contributed by atoms with Gasteiger partial charge in [0, 0.05) is 0 Å². The second kappa shape index (κ2) is 6.94. The number of fused-ring (bicyclic) bond motifs is 1. The maximum Gasteiger partial charge on any atom is 0.323 e. The molecule has 0 saturated carbocycles. The number of nitrogens with one attached hydrogen (secondary N) is 3. The Labute approximate surface area is 148 Å². The molecule has 0 unspecified atom stereocenters. The molecule has 2 heterocycles. The van der Waals surface area contributed by atoms with Crippen LogP contribution >= 0.6 is 11.6 Å². The van der Waals surface area contributed by atoms with E-state index in [1.807, 2.05) is 19.9 Å². The van der Waals surface area contributed by atoms with Crippen molar-refractivity contribution in [2.75, 3.05) is 10.6 Å². The minimum atomic E-state index is -0.568. The van der Waals surface area contributed by atoms with Gasteiger partial charge in [-0.3, -0.25) is 9.89 Å². The maximum atomic E-state index is 12.6. The van der Waals surface area contributed by atoms with Gasteiger partial charge in [-0.15, -0.1) is 0 Å². The summed E-state index contributed by atoms with van der Waals surface area (Å²) in [5.41, 5.74) is 1.62. The molecule has 25 heavy (non-hydrogen) atoms. The van der Waals surface area contributed by atoms with E-state index in [2.05, 4.69) is 25.7 Å². The van der Waals surface area contributed by atoms with Crippen LogP contribution in [0.3, 0.4) is 0 Å². The summed E-state index contributed by atoms with van der Waals surface area (Å²) in [6.45, 7) is 3.86. The molecule has 0 atom stereocenters. The Bertz CT molecular complexity index is 994. The highest BCUT2D eigenvalue weighted by Crippen LogP contribution is 2.23. The summed E-state index contributed by atoms with van der Waals surface area (Å²) >= 11 is 6.12. The van der Waals surface area contributed by atoms with Gasteiger partial charge in [0.05, 0.1) is 16.4 Å². The third kappa shape index (κ3) is 3.48. The zero-order valence-electron chi connectivity index (χ0n) is 13.8. The van der Waals surface area contributed by atoms with Gasteiger partial charge in [0.2, 0.25) is 0 Å². The largest absolute Gasteiger partial charge is 0.323 e. The number of amides is 2. The van der Waals surface area contributed by atoms with Crippen LogP contribution in [-0.2, 0) is 6.42 Å². The Morgan fingerprint density at radius 3 is 2.88 bits per heavy atom. The van der Waals surface area contributed by atoms with Crippen molar-refractivity contribution >= 4 is 34.8 Å². The van der Waals surface area contributed by atoms with E-state index >= 15 is 0 Å². The van der Waals surface area contributed by atoms with Crippen molar-refractivity contribution in [1.29, 1.82) is 0 Å². The predicted octanol–water partition coefficient (Wildman–Crippen LogP) is 2.98. The standard InChI is InChI=1S/C16H17ClN6O2/c1-3-4-12-13(14(24)23-15(20-12)18-8-19-23)22-16(25)21-11-6-5-9(2)7-10(11)17/h5-8H,3-4H2,1-2H3,(H,18,19,20)(H2,21,22,25). The van der Waals surface area contributed by atoms with Crippen LogP contribution in [0.4, 0.5) is 16.2 Å². The number of carbonyl (C=O) groups excluding carboxylic acids is 1. The van der Waals surface area contributed by atoms with Crippen LogP contribution in [0.1, 0.15) is 24.6 Å². The van der Waals surface area contributed by atoms with Crippen molar-refractivity contribution in [3.05, 3.63) is 51.2 Å². The summed E-state index contributed by atoms with van der Waals surface area (Å²) < 4.78 is 1.17. The Morgan fingerprint density at radius 1 is 1.36 bits per heavy atom. The monoisotopic (exact) mass is 360 g/mol. The number of rotatable bonds is 4. The van der Waals surface area contributed by atoms with Crippen LogP contribution in [-0.4, -0.2) is 25.6 Å². The van der Waals surface area contributed by atoms with Gasteiger partial charge < -0.3 is 10.6 Å². The summed E-state index contributed by atoms with van der Waals surface area (Å²) in [5.74, 6) is 0.265. The number of benzene rings is 1. The van der Waals surface area contributed by atoms with Crippen molar-refractivity contribution in [2.24, 2.45) is 0 Å². The number of aromatic nitrogens is 4. The molecule has 0 saturated heterocycles. The molecule has 1 aromatic carbocycles. The van der Waals surface area contributed by atoms with Crippen LogP contribution in [0.15, 0.2) is 29.3 Å². The van der Waals surface area contributed by atoms with E-state index in [0.717, 1.165) is 12.0 Å². The molecule has 130 valence electrons. The molecule has 0 spiro atoms. The van der Waals surface area contributed by atoms with E-state index in [0.29, 0.717) is 22.8 Å². The number of H-pyrrole nitrogens is 1. The second-order valence-corrected chi connectivity index (χ2v) is 5.98. The number of nitrogens with zero attached hydrogens (tertiary/aromatic N) is 3. The van der Waals surface area contributed by atoms with E-state index in [4.69, 9.17) is 11.6 Å². The molecular formula is C16H17ClN6O2. The minimum absolute atomic E-state index is 0.115. The number of aryl methyl sites for hydroxylation is 2. The lowest BCUT2D eigenvalue weighted by Gasteiger charge is -2.11. The number of hydrogen-bond acceptors (Lipinski definition) is 4. The van der Waals surface area contributed by atoms with E-state index in [1.165, 1.54) is 10.8 Å². The topological polar surface area (TPSA) is 104 Å². The summed E-state index contributed by atoms with van der Waals surface area (Å²) in [4.78, 5) is 33.2. The minimum Gasteiger partial charge on any atom is -0.306 e. The molecule has 2 aromatic heterocycles. The summed E-state index contributed by atoms with van der Waals surface area (Å²) in [7, 11) is 0. The van der Waals surface area contributed by atoms with Gasteiger partial charge in [0.25, 0.3) is 11.3 Å². The fourth-order valence-electron chi connectivity index (χ4n) is 2.43. The van der Waals surface area contributed by atoms with Crippen molar-refractivity contribution in [2.45, 2.75) is 26.7 Å². The molecule has 2 amide bonds. The van der Waals surface area contributed by atoms with Crippen LogP contribution in [0, 0.1) is 6.92 Å². The number of carbonyl (C=O) groups is 1. The third-order valence-corrected chi connectivity index (χ3v) is 3.92. The lowest BCUT2D eigenvalue weighted by molar-refractivity contribution is 0.262. The maximum absolute atomic E-state index is 12.6. The van der Waals surface area contributed by atoms with Gasteiger partial charge in [-0.1, -0.05) is 31.0 Å². The molecule has 0 radical (unpaired) electrons. The normalized spacial score (nSPS) is 10.8. The zero-order chi connectivity index (χ0) is 18.0. The highest BCUT2D eigenvalue weighted by Gasteiger charge is 2.16. The van der Waals surface area contributed by atoms with Crippen LogP contribution in [0.5, 0.6) is 0 Å². The first-order valence-electron chi connectivity index (χ1n) is 7.78. The second-order valence-electron chi connectivity index (χ2n) is 5.57. The molecule has 9 heteroatoms. The van der Waals surface area contributed by atoms with E-state index < -0.39 is 11.6 Å². The summed E-state index contributed by atoms with van der Waals surface area (Å²) in [6, 6.07) is 4.71. The summed E-state index contributed by atoms with van der Waals surface area (Å²) in [5, 5.41) is 8.32. The molecule has 0 aliphatic carbocycles. The SMILES string of the molecule is CCCc1nc2nc[nH]n2c(=O)c1NC(=O)Nc1ccc(C)cc1Cl. The Balaban J connectivity index is 1.90. The van der Waals surface area contributed by atoms with Crippen molar-refractivity contribution < 1.29 is 4.79 Å². The molecule has 0 bridgehead atoms. The van der Waals surface area contributed by atoms with Gasteiger partial charge in [0.1, 0.15) is 12.0 Å². The van der Waals surface area contributed by atoms with Gasteiger partial charge >= 0.3 is 6.03 Å². The lowest BCUT2D eigenvalue weighted by Crippen LogP contribution is -2.28. The van der Waals surface area contributed by atoms with Gasteiger partial charge in [0.15, 0.2) is 0 Å². The van der Waals surface area contributed by atoms with Crippen LogP contribution in [0.25, 0.3) is 5.78 Å². The highest BCUT2D eigenvalue weighted by molar-refractivity contribution is 6.33. The first-order valence-corrected chi connectivity index (χ1v) is 8.16. The smallest absolute Gasteiger partial charge is 0.306 e. The average Bonchev–Trinajstić information content (AvgIpc) is 3.03. The Kier molecular flexibility index (Phi) is 4.71. The first-order chi connectivity index (χ1) is 12.0. The molecule has 0 fully saturated rings. The van der Waals surface area contributed by atoms with Gasteiger partial charge in [-0.25, -0.2) is 14.8 Å². The summed E-state index contributed by atoms with van der Waals surface area (Å²) in [6.07, 6.45) is 2.68. The highest BCUT2D eigenvalue weighted by atomic mass is 35.5. The van der Waals surface area contributed by atoms with E-state index in [1.54, 1.807) is 12.1 Å². The molecular weight excluding hydrogens is 344 g/mol. The molecule has 3 N–H and O–H groups in total. The Hall–Kier alpha value is -2.87. The van der Waals surface area contributed by atoms with Crippen molar-refractivity contribution in [3.8, 4) is 0 Å². The quantitative estimate of drug-likeness (QED) is 0.665. The molecule has 8 nitrogen and oxygen atoms in total. The fraction of sp³-hybridized carbons (Fsp3) is 0.250. The fourth-order valence-corrected chi connectivity index (χ4v) is 2.71. The van der Waals surface area contributed by atoms with E-state index in [9.17, 15) is 9.59 Å². The van der Waals surface area contributed by atoms with E-state index in [-0.39, 0.29) is 11.5 Å². The van der Waals surface area contributed by atoms with Crippen LogP contribution < -0.4 is 16.2 Å². The van der Waals surface area contributed by atoms with Gasteiger partial charge in [-0.05, 0) is 31.0 Å². The van der Waals surface area contributed by atoms with Crippen LogP contribution in [0.2, 0.25) is 5.02 Å². The lowest BCUT2D eigenvalue weighted by atomic mass is 10.2. The molecule has 3 aromatic rings. The number of aromatic amines is 1. The number of halogens is 1. The Morgan fingerprint density at radius 2 is 2.16 bits per heavy atom. The molecule has 0 aliphatic heterocycles. The number of hydrogen-bond donors (Lipinski definition) is 3. The molecule has 3 rings (SSSR count).